The lowest BCUT2D eigenvalue weighted by atomic mass is 9.97. The average Bonchev–Trinajstić information content (AvgIpc) is 2.04. The van der Waals surface area contributed by atoms with Gasteiger partial charge in [0, 0.05) is 25.2 Å². The highest BCUT2D eigenvalue weighted by atomic mass is 35.5. The number of hydrogen-bond donors (Lipinski definition) is 1. The van der Waals surface area contributed by atoms with Crippen LogP contribution in [0.3, 0.4) is 0 Å². The van der Waals surface area contributed by atoms with E-state index in [0.29, 0.717) is 6.61 Å². The lowest BCUT2D eigenvalue weighted by molar-refractivity contribution is 0.0944. The maximum absolute atomic E-state index is 8.74. The van der Waals surface area contributed by atoms with Crippen molar-refractivity contribution in [3.05, 3.63) is 0 Å². The van der Waals surface area contributed by atoms with Gasteiger partial charge in [-0.3, -0.25) is 4.90 Å². The molecule has 80 valence electrons. The molecule has 1 N–H and O–H groups in total. The van der Waals surface area contributed by atoms with Gasteiger partial charge in [-0.2, -0.15) is 0 Å². The Morgan fingerprint density at radius 1 is 1.23 bits per heavy atom. The van der Waals surface area contributed by atoms with Crippen LogP contribution in [0.15, 0.2) is 0 Å². The molecule has 0 aromatic heterocycles. The monoisotopic (exact) mass is 207 g/mol. The number of aliphatic hydroxyl groups excluding tert-OH is 1. The largest absolute Gasteiger partial charge is 0.396 e. The van der Waals surface area contributed by atoms with Gasteiger partial charge in [-0.25, -0.2) is 0 Å². The molecular weight excluding hydrogens is 186 g/mol. The topological polar surface area (TPSA) is 23.5 Å². The van der Waals surface area contributed by atoms with Gasteiger partial charge in [-0.15, -0.1) is 12.4 Å². The van der Waals surface area contributed by atoms with Gasteiger partial charge in [0.25, 0.3) is 0 Å². The molecule has 1 saturated heterocycles. The minimum Gasteiger partial charge on any atom is -0.396 e. The number of rotatable bonds is 3. The quantitative estimate of drug-likeness (QED) is 0.766. The van der Waals surface area contributed by atoms with Gasteiger partial charge < -0.3 is 5.11 Å². The van der Waals surface area contributed by atoms with Crippen LogP contribution in [0.2, 0.25) is 0 Å². The SMILES string of the molecule is CC1CCCC(C)N1CCCO.Cl. The van der Waals surface area contributed by atoms with E-state index in [9.17, 15) is 0 Å². The van der Waals surface area contributed by atoms with Crippen LogP contribution < -0.4 is 0 Å². The summed E-state index contributed by atoms with van der Waals surface area (Å²) >= 11 is 0. The number of nitrogens with zero attached hydrogens (tertiary/aromatic N) is 1. The zero-order valence-electron chi connectivity index (χ0n) is 8.70. The summed E-state index contributed by atoms with van der Waals surface area (Å²) < 4.78 is 0. The van der Waals surface area contributed by atoms with Crippen molar-refractivity contribution < 1.29 is 5.11 Å². The van der Waals surface area contributed by atoms with E-state index in [2.05, 4.69) is 18.7 Å². The molecule has 0 spiro atoms. The molecule has 1 rings (SSSR count). The van der Waals surface area contributed by atoms with E-state index in [1.165, 1.54) is 19.3 Å². The molecule has 0 radical (unpaired) electrons. The molecule has 0 aromatic carbocycles. The smallest absolute Gasteiger partial charge is 0.0443 e. The Labute approximate surface area is 87.7 Å². The molecule has 1 aliphatic rings. The van der Waals surface area contributed by atoms with Crippen molar-refractivity contribution in [2.75, 3.05) is 13.2 Å². The van der Waals surface area contributed by atoms with Crippen molar-refractivity contribution in [1.82, 2.24) is 4.90 Å². The van der Waals surface area contributed by atoms with E-state index in [4.69, 9.17) is 5.11 Å². The van der Waals surface area contributed by atoms with Gasteiger partial charge in [0.2, 0.25) is 0 Å². The van der Waals surface area contributed by atoms with Crippen molar-refractivity contribution in [3.8, 4) is 0 Å². The normalized spacial score (nSPS) is 29.8. The number of halogens is 1. The molecule has 0 saturated carbocycles. The van der Waals surface area contributed by atoms with Gasteiger partial charge >= 0.3 is 0 Å². The van der Waals surface area contributed by atoms with Gasteiger partial charge in [-0.1, -0.05) is 6.42 Å². The second-order valence-corrected chi connectivity index (χ2v) is 3.94. The molecule has 1 fully saturated rings. The number of hydrogen-bond acceptors (Lipinski definition) is 2. The summed E-state index contributed by atoms with van der Waals surface area (Å²) in [7, 11) is 0. The first kappa shape index (κ1) is 13.2. The van der Waals surface area contributed by atoms with Crippen LogP contribution in [0, 0.1) is 0 Å². The van der Waals surface area contributed by atoms with E-state index in [-0.39, 0.29) is 12.4 Å². The molecule has 1 aliphatic heterocycles. The Balaban J connectivity index is 0.00000144. The summed E-state index contributed by atoms with van der Waals surface area (Å²) in [5.41, 5.74) is 0. The van der Waals surface area contributed by atoms with Crippen LogP contribution in [-0.2, 0) is 0 Å². The molecule has 2 unspecified atom stereocenters. The second-order valence-electron chi connectivity index (χ2n) is 3.94. The van der Waals surface area contributed by atoms with Crippen molar-refractivity contribution in [1.29, 1.82) is 0 Å². The summed E-state index contributed by atoms with van der Waals surface area (Å²) in [6.07, 6.45) is 4.96. The first-order valence-corrected chi connectivity index (χ1v) is 5.12. The molecule has 2 nitrogen and oxygen atoms in total. The van der Waals surface area contributed by atoms with Crippen LogP contribution in [0.25, 0.3) is 0 Å². The highest BCUT2D eigenvalue weighted by Gasteiger charge is 2.23. The van der Waals surface area contributed by atoms with E-state index < -0.39 is 0 Å². The summed E-state index contributed by atoms with van der Waals surface area (Å²) in [5, 5.41) is 8.74. The minimum atomic E-state index is 0. The molecule has 0 bridgehead atoms. The van der Waals surface area contributed by atoms with Gasteiger partial charge in [0.1, 0.15) is 0 Å². The maximum atomic E-state index is 8.74. The van der Waals surface area contributed by atoms with E-state index >= 15 is 0 Å². The Morgan fingerprint density at radius 3 is 2.23 bits per heavy atom. The number of aliphatic hydroxyl groups is 1. The fourth-order valence-electron chi connectivity index (χ4n) is 2.17. The molecule has 0 aromatic rings. The summed E-state index contributed by atoms with van der Waals surface area (Å²) in [5.74, 6) is 0. The molecule has 1 heterocycles. The standard InChI is InChI=1S/C10H21NO.ClH/c1-9-5-3-6-10(2)11(9)7-4-8-12;/h9-10,12H,3-8H2,1-2H3;1H. The predicted molar refractivity (Wildman–Crippen MR) is 58.4 cm³/mol. The lowest BCUT2D eigenvalue weighted by Crippen LogP contribution is -2.44. The predicted octanol–water partition coefficient (Wildman–Crippen LogP) is 2.05. The third kappa shape index (κ3) is 3.84. The Kier molecular flexibility index (Phi) is 6.74. The van der Waals surface area contributed by atoms with Crippen LogP contribution in [0.1, 0.15) is 39.5 Å². The van der Waals surface area contributed by atoms with E-state index in [0.717, 1.165) is 25.0 Å². The van der Waals surface area contributed by atoms with Crippen molar-refractivity contribution in [2.45, 2.75) is 51.6 Å². The summed E-state index contributed by atoms with van der Waals surface area (Å²) in [6, 6.07) is 1.44. The second kappa shape index (κ2) is 6.63. The van der Waals surface area contributed by atoms with Gasteiger partial charge in [0.05, 0.1) is 0 Å². The lowest BCUT2D eigenvalue weighted by Gasteiger charge is -2.38. The molecule has 2 atom stereocenters. The minimum absolute atomic E-state index is 0. The maximum Gasteiger partial charge on any atom is 0.0443 e. The molecule has 0 amide bonds. The Hall–Kier alpha value is 0.210. The third-order valence-electron chi connectivity index (χ3n) is 2.95. The van der Waals surface area contributed by atoms with Crippen molar-refractivity contribution in [3.63, 3.8) is 0 Å². The molecule has 13 heavy (non-hydrogen) atoms. The zero-order valence-corrected chi connectivity index (χ0v) is 9.52. The first-order valence-electron chi connectivity index (χ1n) is 5.12. The molecule has 3 heteroatoms. The van der Waals surface area contributed by atoms with E-state index in [1.807, 2.05) is 0 Å². The first-order chi connectivity index (χ1) is 5.75. The summed E-state index contributed by atoms with van der Waals surface area (Å²) in [4.78, 5) is 2.53. The third-order valence-corrected chi connectivity index (χ3v) is 2.95. The molecular formula is C10H22ClNO. The van der Waals surface area contributed by atoms with Crippen molar-refractivity contribution in [2.24, 2.45) is 0 Å². The summed E-state index contributed by atoms with van der Waals surface area (Å²) in [6.45, 7) is 5.99. The van der Waals surface area contributed by atoms with Crippen molar-refractivity contribution >= 4 is 12.4 Å². The van der Waals surface area contributed by atoms with E-state index in [1.54, 1.807) is 0 Å². The van der Waals surface area contributed by atoms with Gasteiger partial charge in [-0.05, 0) is 33.1 Å². The fraction of sp³-hybridized carbons (Fsp3) is 1.00. The number of piperidine rings is 1. The van der Waals surface area contributed by atoms with Crippen LogP contribution in [0.4, 0.5) is 0 Å². The Bertz CT molecular complexity index is 122. The van der Waals surface area contributed by atoms with Crippen LogP contribution >= 0.6 is 12.4 Å². The number of likely N-dealkylation sites (tertiary alicyclic amines) is 1. The van der Waals surface area contributed by atoms with Crippen LogP contribution in [-0.4, -0.2) is 35.2 Å². The fourth-order valence-corrected chi connectivity index (χ4v) is 2.17. The molecule has 0 aliphatic carbocycles. The van der Waals surface area contributed by atoms with Gasteiger partial charge in [0.15, 0.2) is 0 Å². The Morgan fingerprint density at radius 2 is 1.77 bits per heavy atom. The van der Waals surface area contributed by atoms with Crippen LogP contribution in [0.5, 0.6) is 0 Å². The highest BCUT2D eigenvalue weighted by molar-refractivity contribution is 5.85. The average molecular weight is 208 g/mol. The zero-order chi connectivity index (χ0) is 8.97. The highest BCUT2D eigenvalue weighted by Crippen LogP contribution is 2.22.